The molecule has 3 N–H and O–H groups in total. The standard InChI is InChI=1S/C34H38F3N5O3/c1-20(2)8-13-30(45-4)25-6-5-7-29(21(25)3)42(19-24-11-9-23(18-39-24)34(35,36)37)32(44)33(14-15-33)22-10-12-26-27(16-22)28(17-38)40-41-31(26)43/h8-13,16,18,29H,5-7,14-15,17,19,38H2,1-4H3,(H,41,43)/b30-13+. The number of benzene rings is 1. The number of carbonyl (C=O) groups is 1. The first-order valence-electron chi connectivity index (χ1n) is 15.0. The third-order valence-corrected chi connectivity index (χ3v) is 8.86. The number of H-pyrrole nitrogens is 1. The van der Waals surface area contributed by atoms with E-state index in [-0.39, 0.29) is 30.6 Å². The van der Waals surface area contributed by atoms with Crippen LogP contribution in [0.1, 0.15) is 75.4 Å². The van der Waals surface area contributed by atoms with E-state index in [9.17, 15) is 22.8 Å². The van der Waals surface area contributed by atoms with E-state index in [4.69, 9.17) is 10.5 Å². The Balaban J connectivity index is 1.59. The number of hydrogen-bond donors (Lipinski definition) is 2. The summed E-state index contributed by atoms with van der Waals surface area (Å²) in [7, 11) is 1.62. The normalized spacial score (nSPS) is 18.1. The molecular weight excluding hydrogens is 583 g/mol. The summed E-state index contributed by atoms with van der Waals surface area (Å²) in [6.07, 6.45) is 3.66. The zero-order valence-corrected chi connectivity index (χ0v) is 25.9. The lowest BCUT2D eigenvalue weighted by Gasteiger charge is -2.39. The Hall–Kier alpha value is -4.25. The van der Waals surface area contributed by atoms with Crippen molar-refractivity contribution >= 4 is 16.7 Å². The quantitative estimate of drug-likeness (QED) is 0.217. The number of methoxy groups -OCH3 is 1. The predicted octanol–water partition coefficient (Wildman–Crippen LogP) is 6.22. The van der Waals surface area contributed by atoms with Gasteiger partial charge in [0.05, 0.1) is 47.4 Å². The average molecular weight is 622 g/mol. The van der Waals surface area contributed by atoms with Crippen molar-refractivity contribution in [3.63, 3.8) is 0 Å². The summed E-state index contributed by atoms with van der Waals surface area (Å²) < 4.78 is 45.7. The van der Waals surface area contributed by atoms with Crippen LogP contribution in [-0.4, -0.2) is 39.1 Å². The van der Waals surface area contributed by atoms with Crippen molar-refractivity contribution in [2.45, 2.75) is 83.6 Å². The lowest BCUT2D eigenvalue weighted by Crippen LogP contribution is -2.47. The third kappa shape index (κ3) is 6.45. The topological polar surface area (TPSA) is 114 Å². The average Bonchev–Trinajstić information content (AvgIpc) is 3.83. The van der Waals surface area contributed by atoms with E-state index in [0.29, 0.717) is 41.4 Å². The van der Waals surface area contributed by atoms with E-state index in [1.807, 2.05) is 39.0 Å². The molecular formula is C34H38F3N5O3. The summed E-state index contributed by atoms with van der Waals surface area (Å²) in [6, 6.07) is 7.35. The summed E-state index contributed by atoms with van der Waals surface area (Å²) in [5, 5.41) is 7.60. The number of ether oxygens (including phenoxy) is 1. The van der Waals surface area contributed by atoms with Gasteiger partial charge in [-0.3, -0.25) is 14.6 Å². The summed E-state index contributed by atoms with van der Waals surface area (Å²) in [5.41, 5.74) is 8.61. The van der Waals surface area contributed by atoms with Crippen LogP contribution in [0.15, 0.2) is 76.0 Å². The lowest BCUT2D eigenvalue weighted by molar-refractivity contribution is -0.138. The number of nitrogens with zero attached hydrogens (tertiary/aromatic N) is 3. The van der Waals surface area contributed by atoms with Gasteiger partial charge in [0.1, 0.15) is 5.76 Å². The molecule has 2 aliphatic carbocycles. The van der Waals surface area contributed by atoms with Gasteiger partial charge in [0.2, 0.25) is 5.91 Å². The van der Waals surface area contributed by atoms with Crippen LogP contribution in [0.3, 0.4) is 0 Å². The second-order valence-electron chi connectivity index (χ2n) is 12.1. The molecule has 2 heterocycles. The maximum Gasteiger partial charge on any atom is 0.417 e. The van der Waals surface area contributed by atoms with Gasteiger partial charge in [0, 0.05) is 18.1 Å². The fourth-order valence-corrected chi connectivity index (χ4v) is 6.21. The van der Waals surface area contributed by atoms with Crippen molar-refractivity contribution in [3.8, 4) is 0 Å². The van der Waals surface area contributed by atoms with E-state index >= 15 is 0 Å². The highest BCUT2D eigenvalue weighted by atomic mass is 19.4. The van der Waals surface area contributed by atoms with Gasteiger partial charge in [-0.1, -0.05) is 17.7 Å². The molecule has 8 nitrogen and oxygen atoms in total. The molecule has 11 heteroatoms. The number of alkyl halides is 3. The molecule has 2 aromatic heterocycles. The summed E-state index contributed by atoms with van der Waals surface area (Å²) in [5.74, 6) is 0.592. The van der Waals surface area contributed by atoms with Crippen LogP contribution >= 0.6 is 0 Å². The smallest absolute Gasteiger partial charge is 0.417 e. The molecule has 45 heavy (non-hydrogen) atoms. The highest BCUT2D eigenvalue weighted by molar-refractivity contribution is 5.94. The van der Waals surface area contributed by atoms with Crippen molar-refractivity contribution in [1.82, 2.24) is 20.1 Å². The first kappa shape index (κ1) is 32.2. The highest BCUT2D eigenvalue weighted by Gasteiger charge is 2.54. The highest BCUT2D eigenvalue weighted by Crippen LogP contribution is 2.51. The lowest BCUT2D eigenvalue weighted by atomic mass is 9.84. The first-order valence-corrected chi connectivity index (χ1v) is 15.0. The number of fused-ring (bicyclic) bond motifs is 1. The molecule has 1 atom stereocenters. The van der Waals surface area contributed by atoms with Crippen LogP contribution in [0.5, 0.6) is 0 Å². The number of aromatic amines is 1. The molecule has 5 rings (SSSR count). The third-order valence-electron chi connectivity index (χ3n) is 8.86. The molecule has 1 saturated carbocycles. The van der Waals surface area contributed by atoms with Crippen LogP contribution in [0.2, 0.25) is 0 Å². The minimum Gasteiger partial charge on any atom is -0.496 e. The van der Waals surface area contributed by atoms with Crippen LogP contribution in [0.4, 0.5) is 13.2 Å². The Morgan fingerprint density at radius 2 is 1.93 bits per heavy atom. The van der Waals surface area contributed by atoms with E-state index in [1.165, 1.54) is 6.07 Å². The molecule has 0 radical (unpaired) electrons. The zero-order chi connectivity index (χ0) is 32.5. The number of allylic oxidation sites excluding steroid dienone is 4. The van der Waals surface area contributed by atoms with Gasteiger partial charge in [-0.05, 0) is 99.9 Å². The number of halogens is 3. The van der Waals surface area contributed by atoms with Crippen molar-refractivity contribution in [2.75, 3.05) is 7.11 Å². The number of carbonyl (C=O) groups excluding carboxylic acids is 1. The Kier molecular flexibility index (Phi) is 9.02. The van der Waals surface area contributed by atoms with Crippen LogP contribution in [0, 0.1) is 0 Å². The van der Waals surface area contributed by atoms with Gasteiger partial charge in [-0.2, -0.15) is 18.3 Å². The van der Waals surface area contributed by atoms with Crippen LogP contribution in [-0.2, 0) is 34.2 Å². The molecule has 1 amide bonds. The SMILES string of the molecule is CO/C(=C/C=C(C)C)C1=C(C)C(N(Cc2ccc(C(F)(F)F)cn2)C(=O)C2(c3ccc4c(=O)[nH]nc(CN)c4c3)CC2)CCC1. The van der Waals surface area contributed by atoms with Gasteiger partial charge in [0.25, 0.3) is 5.56 Å². The van der Waals surface area contributed by atoms with E-state index in [0.717, 1.165) is 53.1 Å². The fraction of sp³-hybridized carbons (Fsp3) is 0.412. The molecule has 1 fully saturated rings. The number of nitrogens with two attached hydrogens (primary N) is 1. The molecule has 238 valence electrons. The maximum absolute atomic E-state index is 14.8. The van der Waals surface area contributed by atoms with Gasteiger partial charge in [-0.15, -0.1) is 0 Å². The zero-order valence-electron chi connectivity index (χ0n) is 25.9. The molecule has 0 spiro atoms. The minimum absolute atomic E-state index is 0.0386. The van der Waals surface area contributed by atoms with Gasteiger partial charge >= 0.3 is 6.18 Å². The molecule has 1 aromatic carbocycles. The maximum atomic E-state index is 14.8. The Labute approximate surface area is 259 Å². The number of aromatic nitrogens is 3. The number of hydrogen-bond acceptors (Lipinski definition) is 6. The second kappa shape index (κ2) is 12.6. The van der Waals surface area contributed by atoms with Gasteiger partial charge in [0.15, 0.2) is 0 Å². The first-order chi connectivity index (χ1) is 21.4. The summed E-state index contributed by atoms with van der Waals surface area (Å²) in [6.45, 7) is 6.14. The van der Waals surface area contributed by atoms with Crippen molar-refractivity contribution in [2.24, 2.45) is 5.73 Å². The predicted molar refractivity (Wildman–Crippen MR) is 166 cm³/mol. The van der Waals surface area contributed by atoms with E-state index < -0.39 is 17.2 Å². The number of rotatable bonds is 9. The Bertz CT molecular complexity index is 1750. The molecule has 3 aromatic rings. The van der Waals surface area contributed by atoms with E-state index in [2.05, 4.69) is 15.2 Å². The van der Waals surface area contributed by atoms with Crippen molar-refractivity contribution in [1.29, 1.82) is 0 Å². The monoisotopic (exact) mass is 621 g/mol. The number of nitrogens with one attached hydrogen (secondary N) is 1. The van der Waals surface area contributed by atoms with Crippen LogP contribution < -0.4 is 11.3 Å². The Morgan fingerprint density at radius 1 is 1.18 bits per heavy atom. The molecule has 2 aliphatic rings. The minimum atomic E-state index is -4.51. The summed E-state index contributed by atoms with van der Waals surface area (Å²) in [4.78, 5) is 33.1. The molecule has 0 aliphatic heterocycles. The molecule has 0 saturated heterocycles. The second-order valence-corrected chi connectivity index (χ2v) is 12.1. The molecule has 1 unspecified atom stereocenters. The summed E-state index contributed by atoms with van der Waals surface area (Å²) >= 11 is 0. The molecule has 0 bridgehead atoms. The Morgan fingerprint density at radius 3 is 2.53 bits per heavy atom. The number of pyridine rings is 1. The van der Waals surface area contributed by atoms with E-state index in [1.54, 1.807) is 24.1 Å². The van der Waals surface area contributed by atoms with Crippen molar-refractivity contribution < 1.29 is 22.7 Å². The number of amides is 1. The van der Waals surface area contributed by atoms with Gasteiger partial charge < -0.3 is 15.4 Å². The fourth-order valence-electron chi connectivity index (χ4n) is 6.21. The largest absolute Gasteiger partial charge is 0.496 e. The van der Waals surface area contributed by atoms with Crippen LogP contribution in [0.25, 0.3) is 10.8 Å². The van der Waals surface area contributed by atoms with Gasteiger partial charge in [-0.25, -0.2) is 5.10 Å². The van der Waals surface area contributed by atoms with Crippen molar-refractivity contribution in [3.05, 3.63) is 104 Å².